The van der Waals surface area contributed by atoms with Crippen molar-refractivity contribution in [2.24, 2.45) is 0 Å². The third kappa shape index (κ3) is 3.90. The van der Waals surface area contributed by atoms with Crippen LogP contribution in [0.15, 0.2) is 22.6 Å². The molecule has 1 aromatic carbocycles. The van der Waals surface area contributed by atoms with Gasteiger partial charge in [0.25, 0.3) is 6.01 Å². The van der Waals surface area contributed by atoms with Gasteiger partial charge in [0.1, 0.15) is 5.52 Å². The second-order valence-corrected chi connectivity index (χ2v) is 7.81. The van der Waals surface area contributed by atoms with Gasteiger partial charge in [-0.1, -0.05) is 26.8 Å². The van der Waals surface area contributed by atoms with Crippen LogP contribution in [0.3, 0.4) is 0 Å². The first kappa shape index (κ1) is 20.3. The van der Waals surface area contributed by atoms with Gasteiger partial charge in [0, 0.05) is 13.1 Å². The van der Waals surface area contributed by atoms with Crippen molar-refractivity contribution >= 4 is 41.9 Å². The van der Waals surface area contributed by atoms with E-state index in [0.29, 0.717) is 0 Å². The predicted molar refractivity (Wildman–Crippen MR) is 106 cm³/mol. The summed E-state index contributed by atoms with van der Waals surface area (Å²) in [5, 5.41) is 3.40. The Kier molecular flexibility index (Phi) is 5.94. The fourth-order valence-electron chi connectivity index (χ4n) is 3.50. The molecule has 0 amide bonds. The molecule has 3 heterocycles. The maximum Gasteiger partial charge on any atom is 0.298 e. The standard InChI is InChI=1S/C18H25N3O2.2ClH/c1-17(2,3)13-4-5-15-14(10-13)20-16(23-15)21-8-9-22-18(12-21)6-7-19-11-18;;/h4-5,10,19H,6-9,11-12H2,1-3H3;2*1H. The van der Waals surface area contributed by atoms with Crippen molar-refractivity contribution < 1.29 is 9.15 Å². The molecule has 2 saturated heterocycles. The van der Waals surface area contributed by atoms with Crippen LogP contribution in [-0.4, -0.2) is 43.4 Å². The molecule has 0 radical (unpaired) electrons. The molecule has 2 aliphatic rings. The quantitative estimate of drug-likeness (QED) is 0.810. The minimum absolute atomic E-state index is 0. The number of hydrogen-bond donors (Lipinski definition) is 1. The van der Waals surface area contributed by atoms with Crippen LogP contribution in [0.5, 0.6) is 0 Å². The number of oxazole rings is 1. The molecule has 0 saturated carbocycles. The number of halogens is 2. The van der Waals surface area contributed by atoms with Crippen molar-refractivity contribution in [1.82, 2.24) is 10.3 Å². The number of anilines is 1. The fraction of sp³-hybridized carbons (Fsp3) is 0.611. The number of nitrogens with zero attached hydrogens (tertiary/aromatic N) is 2. The van der Waals surface area contributed by atoms with Crippen molar-refractivity contribution in [2.75, 3.05) is 37.7 Å². The molecule has 140 valence electrons. The zero-order chi connectivity index (χ0) is 16.1. The highest BCUT2D eigenvalue weighted by Crippen LogP contribution is 2.31. The Balaban J connectivity index is 0.00000113. The summed E-state index contributed by atoms with van der Waals surface area (Å²) in [6, 6.07) is 7.05. The Morgan fingerprint density at radius 3 is 2.72 bits per heavy atom. The van der Waals surface area contributed by atoms with E-state index in [0.717, 1.165) is 56.3 Å². The molecule has 1 N–H and O–H groups in total. The first-order chi connectivity index (χ1) is 11.0. The van der Waals surface area contributed by atoms with Crippen molar-refractivity contribution in [3.8, 4) is 0 Å². The average Bonchev–Trinajstić information content (AvgIpc) is 3.12. The monoisotopic (exact) mass is 387 g/mol. The highest BCUT2D eigenvalue weighted by Gasteiger charge is 2.40. The van der Waals surface area contributed by atoms with Crippen molar-refractivity contribution in [3.05, 3.63) is 23.8 Å². The lowest BCUT2D eigenvalue weighted by atomic mass is 9.87. The van der Waals surface area contributed by atoms with Crippen molar-refractivity contribution in [1.29, 1.82) is 0 Å². The minimum Gasteiger partial charge on any atom is -0.423 e. The second-order valence-electron chi connectivity index (χ2n) is 7.81. The van der Waals surface area contributed by atoms with Crippen LogP contribution in [-0.2, 0) is 10.2 Å². The average molecular weight is 388 g/mol. The molecule has 2 fully saturated rings. The maximum atomic E-state index is 6.04. The summed E-state index contributed by atoms with van der Waals surface area (Å²) in [5.74, 6) is 0. The predicted octanol–water partition coefficient (Wildman–Crippen LogP) is 3.54. The molecular formula is C18H27Cl2N3O2. The van der Waals surface area contributed by atoms with Crippen molar-refractivity contribution in [2.45, 2.75) is 38.2 Å². The molecule has 5 nitrogen and oxygen atoms in total. The van der Waals surface area contributed by atoms with Crippen molar-refractivity contribution in [3.63, 3.8) is 0 Å². The van der Waals surface area contributed by atoms with Crippen LogP contribution in [0.2, 0.25) is 0 Å². The lowest BCUT2D eigenvalue weighted by molar-refractivity contribution is -0.0415. The molecule has 4 rings (SSSR count). The molecule has 2 aromatic rings. The number of aromatic nitrogens is 1. The van der Waals surface area contributed by atoms with Gasteiger partial charge in [0.15, 0.2) is 5.58 Å². The van der Waals surface area contributed by atoms with Crippen LogP contribution in [0, 0.1) is 0 Å². The molecule has 1 unspecified atom stereocenters. The summed E-state index contributed by atoms with van der Waals surface area (Å²) >= 11 is 0. The number of morpholine rings is 1. The van der Waals surface area contributed by atoms with Gasteiger partial charge in [-0.2, -0.15) is 4.98 Å². The Morgan fingerprint density at radius 2 is 2.04 bits per heavy atom. The number of ether oxygens (including phenoxy) is 1. The molecule has 1 spiro atoms. The summed E-state index contributed by atoms with van der Waals surface area (Å²) in [6.45, 7) is 11.0. The van der Waals surface area contributed by atoms with Gasteiger partial charge in [-0.15, -0.1) is 24.8 Å². The summed E-state index contributed by atoms with van der Waals surface area (Å²) in [5.41, 5.74) is 3.13. The van der Waals surface area contributed by atoms with Gasteiger partial charge < -0.3 is 19.4 Å². The molecular weight excluding hydrogens is 361 g/mol. The number of hydrogen-bond acceptors (Lipinski definition) is 5. The van der Waals surface area contributed by atoms with E-state index in [9.17, 15) is 0 Å². The third-order valence-electron chi connectivity index (χ3n) is 4.97. The summed E-state index contributed by atoms with van der Waals surface area (Å²) in [6.07, 6.45) is 1.05. The molecule has 0 bridgehead atoms. The van der Waals surface area contributed by atoms with E-state index >= 15 is 0 Å². The van der Waals surface area contributed by atoms with Gasteiger partial charge in [0.05, 0.1) is 18.8 Å². The highest BCUT2D eigenvalue weighted by atomic mass is 35.5. The molecule has 7 heteroatoms. The Labute approximate surface area is 161 Å². The summed E-state index contributed by atoms with van der Waals surface area (Å²) in [4.78, 5) is 6.98. The van der Waals surface area contributed by atoms with Crippen LogP contribution in [0.4, 0.5) is 6.01 Å². The fourth-order valence-corrected chi connectivity index (χ4v) is 3.50. The highest BCUT2D eigenvalue weighted by molar-refractivity contribution is 5.85. The minimum atomic E-state index is -0.0739. The Bertz CT molecular complexity index is 721. The molecule has 1 atom stereocenters. The van der Waals surface area contributed by atoms with Crippen LogP contribution >= 0.6 is 24.8 Å². The smallest absolute Gasteiger partial charge is 0.298 e. The van der Waals surface area contributed by atoms with Gasteiger partial charge in [-0.05, 0) is 36.1 Å². The SMILES string of the molecule is CC(C)(C)c1ccc2oc(N3CCOC4(CCNC4)C3)nc2c1.Cl.Cl. The summed E-state index contributed by atoms with van der Waals surface area (Å²) in [7, 11) is 0. The Hall–Kier alpha value is -1.01. The van der Waals surface area contributed by atoms with Gasteiger partial charge in [-0.25, -0.2) is 0 Å². The first-order valence-electron chi connectivity index (χ1n) is 8.46. The zero-order valence-electron chi connectivity index (χ0n) is 15.0. The lowest BCUT2D eigenvalue weighted by Crippen LogP contribution is -2.53. The van der Waals surface area contributed by atoms with E-state index in [-0.39, 0.29) is 35.8 Å². The molecule has 0 aliphatic carbocycles. The number of nitrogens with one attached hydrogen (secondary N) is 1. The lowest BCUT2D eigenvalue weighted by Gasteiger charge is -2.39. The zero-order valence-corrected chi connectivity index (χ0v) is 16.6. The van der Waals surface area contributed by atoms with Gasteiger partial charge in [0.2, 0.25) is 0 Å². The number of rotatable bonds is 1. The van der Waals surface area contributed by atoms with E-state index in [4.69, 9.17) is 14.1 Å². The van der Waals surface area contributed by atoms with E-state index in [1.54, 1.807) is 0 Å². The van der Waals surface area contributed by atoms with E-state index in [2.05, 4.69) is 43.1 Å². The largest absolute Gasteiger partial charge is 0.423 e. The molecule has 1 aromatic heterocycles. The van der Waals surface area contributed by atoms with Crippen LogP contribution in [0.25, 0.3) is 11.1 Å². The number of benzene rings is 1. The topological polar surface area (TPSA) is 50.5 Å². The Morgan fingerprint density at radius 1 is 1.24 bits per heavy atom. The van der Waals surface area contributed by atoms with Gasteiger partial charge >= 0.3 is 0 Å². The van der Waals surface area contributed by atoms with Gasteiger partial charge in [-0.3, -0.25) is 0 Å². The van der Waals surface area contributed by atoms with Crippen LogP contribution < -0.4 is 10.2 Å². The van der Waals surface area contributed by atoms with E-state index in [1.807, 2.05) is 6.07 Å². The second kappa shape index (κ2) is 7.31. The third-order valence-corrected chi connectivity index (χ3v) is 4.97. The van der Waals surface area contributed by atoms with E-state index < -0.39 is 0 Å². The summed E-state index contributed by atoms with van der Waals surface area (Å²) < 4.78 is 12.1. The van der Waals surface area contributed by atoms with Crippen LogP contribution in [0.1, 0.15) is 32.8 Å². The molecule has 2 aliphatic heterocycles. The maximum absolute atomic E-state index is 6.04. The number of fused-ring (bicyclic) bond motifs is 1. The molecule has 25 heavy (non-hydrogen) atoms. The first-order valence-corrected chi connectivity index (χ1v) is 8.46. The normalized spacial score (nSPS) is 23.6. The van der Waals surface area contributed by atoms with E-state index in [1.165, 1.54) is 5.56 Å².